The Labute approximate surface area is 177 Å². The molecule has 31 heavy (non-hydrogen) atoms. The number of nitrogens with one attached hydrogen (secondary N) is 2. The molecule has 3 aliphatic rings. The van der Waals surface area contributed by atoms with Crippen molar-refractivity contribution in [3.05, 3.63) is 36.0 Å². The zero-order valence-electron chi connectivity index (χ0n) is 16.9. The molecule has 1 aromatic heterocycles. The summed E-state index contributed by atoms with van der Waals surface area (Å²) in [5.41, 5.74) is 1.41. The highest BCUT2D eigenvalue weighted by atomic mass is 19.4. The summed E-state index contributed by atoms with van der Waals surface area (Å²) in [6, 6.07) is 6.81. The molecular weight excluding hydrogens is 411 g/mol. The number of alkyl halides is 3. The van der Waals surface area contributed by atoms with Crippen molar-refractivity contribution in [3.63, 3.8) is 0 Å². The zero-order valence-corrected chi connectivity index (χ0v) is 16.9. The minimum Gasteiger partial charge on any atom is -0.378 e. The monoisotopic (exact) mass is 435 g/mol. The third-order valence-corrected chi connectivity index (χ3v) is 6.15. The number of anilines is 3. The molecule has 2 aromatic rings. The Hall–Kier alpha value is -2.75. The number of hydrogen-bond donors (Lipinski definition) is 2. The van der Waals surface area contributed by atoms with E-state index >= 15 is 0 Å². The largest absolute Gasteiger partial charge is 0.410 e. The molecule has 1 aromatic carbocycles. The molecule has 5 rings (SSSR count). The van der Waals surface area contributed by atoms with Crippen molar-refractivity contribution in [3.8, 4) is 0 Å². The summed E-state index contributed by atoms with van der Waals surface area (Å²) in [6.07, 6.45) is -2.62. The molecule has 10 heteroatoms. The SMILES string of the molecule is O=C(Nc1ccccc1N1CCOCC1)c1cc2n(n1)C(C(F)(F)F)CC(C1CC1)N2. The van der Waals surface area contributed by atoms with Gasteiger partial charge in [-0.2, -0.15) is 18.3 Å². The fourth-order valence-electron chi connectivity index (χ4n) is 4.37. The molecule has 0 bridgehead atoms. The van der Waals surface area contributed by atoms with Crippen molar-refractivity contribution in [2.75, 3.05) is 41.8 Å². The van der Waals surface area contributed by atoms with Gasteiger partial charge in [-0.1, -0.05) is 12.1 Å². The van der Waals surface area contributed by atoms with Gasteiger partial charge in [0.15, 0.2) is 11.7 Å². The first-order valence-corrected chi connectivity index (χ1v) is 10.6. The van der Waals surface area contributed by atoms with Crippen LogP contribution < -0.4 is 15.5 Å². The molecule has 1 saturated heterocycles. The molecule has 2 aliphatic heterocycles. The summed E-state index contributed by atoms with van der Waals surface area (Å²) in [6.45, 7) is 2.60. The van der Waals surface area contributed by atoms with Crippen LogP contribution >= 0.6 is 0 Å². The van der Waals surface area contributed by atoms with E-state index in [1.807, 2.05) is 12.1 Å². The molecule has 2 atom stereocenters. The van der Waals surface area contributed by atoms with Crippen molar-refractivity contribution in [2.24, 2.45) is 5.92 Å². The number of nitrogens with zero attached hydrogens (tertiary/aromatic N) is 3. The Morgan fingerprint density at radius 1 is 1.19 bits per heavy atom. The normalized spacial score (nSPS) is 23.8. The molecule has 3 heterocycles. The van der Waals surface area contributed by atoms with E-state index in [4.69, 9.17) is 4.74 Å². The van der Waals surface area contributed by atoms with Crippen molar-refractivity contribution in [1.82, 2.24) is 9.78 Å². The Bertz CT molecular complexity index is 966. The van der Waals surface area contributed by atoms with E-state index in [-0.39, 0.29) is 29.9 Å². The maximum absolute atomic E-state index is 13.7. The lowest BCUT2D eigenvalue weighted by atomic mass is 10.0. The number of ether oxygens (including phenoxy) is 1. The summed E-state index contributed by atoms with van der Waals surface area (Å²) in [4.78, 5) is 15.0. The van der Waals surface area contributed by atoms with Gasteiger partial charge in [-0.15, -0.1) is 0 Å². The minimum absolute atomic E-state index is 0.0371. The molecule has 1 aliphatic carbocycles. The van der Waals surface area contributed by atoms with Gasteiger partial charge in [-0.05, 0) is 37.3 Å². The predicted octanol–water partition coefficient (Wildman–Crippen LogP) is 3.67. The van der Waals surface area contributed by atoms with E-state index in [0.29, 0.717) is 32.0 Å². The van der Waals surface area contributed by atoms with Crippen LogP contribution in [0.3, 0.4) is 0 Å². The second kappa shape index (κ2) is 7.74. The van der Waals surface area contributed by atoms with Crippen LogP contribution in [0.25, 0.3) is 0 Å². The molecular formula is C21H24F3N5O2. The van der Waals surface area contributed by atoms with Crippen LogP contribution in [0.4, 0.5) is 30.4 Å². The molecule has 2 N–H and O–H groups in total. The molecule has 166 valence electrons. The summed E-state index contributed by atoms with van der Waals surface area (Å²) in [5.74, 6) is -0.0310. The number of morpholine rings is 1. The molecule has 2 unspecified atom stereocenters. The molecule has 7 nitrogen and oxygen atoms in total. The number of benzene rings is 1. The van der Waals surface area contributed by atoms with Gasteiger partial charge in [0.1, 0.15) is 5.82 Å². The first kappa shape index (κ1) is 20.2. The summed E-state index contributed by atoms with van der Waals surface area (Å²) in [7, 11) is 0. The van der Waals surface area contributed by atoms with Crippen molar-refractivity contribution in [2.45, 2.75) is 37.5 Å². The molecule has 1 saturated carbocycles. The highest BCUT2D eigenvalue weighted by Crippen LogP contribution is 2.45. The summed E-state index contributed by atoms with van der Waals surface area (Å²) >= 11 is 0. The van der Waals surface area contributed by atoms with Crippen molar-refractivity contribution in [1.29, 1.82) is 0 Å². The van der Waals surface area contributed by atoms with E-state index in [1.165, 1.54) is 6.07 Å². The van der Waals surface area contributed by atoms with E-state index in [0.717, 1.165) is 23.2 Å². The van der Waals surface area contributed by atoms with Crippen LogP contribution in [0.5, 0.6) is 0 Å². The van der Waals surface area contributed by atoms with Gasteiger partial charge in [0.2, 0.25) is 0 Å². The van der Waals surface area contributed by atoms with Crippen LogP contribution in [0, 0.1) is 5.92 Å². The van der Waals surface area contributed by atoms with E-state index in [2.05, 4.69) is 20.6 Å². The van der Waals surface area contributed by atoms with Crippen LogP contribution in [0.2, 0.25) is 0 Å². The van der Waals surface area contributed by atoms with Crippen molar-refractivity contribution >= 4 is 23.1 Å². The quantitative estimate of drug-likeness (QED) is 0.767. The summed E-state index contributed by atoms with van der Waals surface area (Å²) < 4.78 is 47.4. The third-order valence-electron chi connectivity index (χ3n) is 6.15. The number of amides is 1. The first-order chi connectivity index (χ1) is 14.9. The minimum atomic E-state index is -4.42. The van der Waals surface area contributed by atoms with Gasteiger partial charge < -0.3 is 20.3 Å². The van der Waals surface area contributed by atoms with Gasteiger partial charge >= 0.3 is 6.18 Å². The van der Waals surface area contributed by atoms with Gasteiger partial charge in [0.25, 0.3) is 5.91 Å². The second-order valence-corrected chi connectivity index (χ2v) is 8.31. The lowest BCUT2D eigenvalue weighted by Crippen LogP contribution is -2.40. The Balaban J connectivity index is 1.39. The van der Waals surface area contributed by atoms with E-state index in [1.54, 1.807) is 12.1 Å². The molecule has 0 spiro atoms. The maximum Gasteiger partial charge on any atom is 0.410 e. The molecule has 0 radical (unpaired) electrons. The predicted molar refractivity (Wildman–Crippen MR) is 109 cm³/mol. The van der Waals surface area contributed by atoms with E-state index in [9.17, 15) is 18.0 Å². The second-order valence-electron chi connectivity index (χ2n) is 8.31. The smallest absolute Gasteiger partial charge is 0.378 e. The van der Waals surface area contributed by atoms with E-state index < -0.39 is 18.1 Å². The highest BCUT2D eigenvalue weighted by molar-refractivity contribution is 6.05. The highest BCUT2D eigenvalue weighted by Gasteiger charge is 2.49. The Kier molecular flexibility index (Phi) is 5.04. The molecule has 1 amide bonds. The van der Waals surface area contributed by atoms with Crippen LogP contribution in [-0.4, -0.2) is 54.2 Å². The topological polar surface area (TPSA) is 71.4 Å². The van der Waals surface area contributed by atoms with Crippen LogP contribution in [0.15, 0.2) is 30.3 Å². The molecule has 2 fully saturated rings. The Morgan fingerprint density at radius 3 is 2.65 bits per heavy atom. The number of hydrogen-bond acceptors (Lipinski definition) is 5. The van der Waals surface area contributed by atoms with Gasteiger partial charge in [0.05, 0.1) is 24.6 Å². The number of rotatable bonds is 4. The van der Waals surface area contributed by atoms with Gasteiger partial charge in [-0.25, -0.2) is 4.68 Å². The number of fused-ring (bicyclic) bond motifs is 1. The zero-order chi connectivity index (χ0) is 21.6. The van der Waals surface area contributed by atoms with Crippen LogP contribution in [0.1, 0.15) is 35.8 Å². The lowest BCUT2D eigenvalue weighted by Gasteiger charge is -2.33. The third kappa shape index (κ3) is 4.08. The maximum atomic E-state index is 13.7. The number of aromatic nitrogens is 2. The van der Waals surface area contributed by atoms with Gasteiger partial charge in [0, 0.05) is 25.2 Å². The lowest BCUT2D eigenvalue weighted by molar-refractivity contribution is -0.174. The number of carbonyl (C=O) groups excluding carboxylic acids is 1. The standard InChI is InChI=1S/C21H24F3N5O2/c22-21(23,24)18-11-15(13-5-6-13)25-19-12-16(27-29(18)19)20(30)26-14-3-1-2-4-17(14)28-7-9-31-10-8-28/h1-4,12-13,15,18,25H,5-11H2,(H,26,30). The number of carbonyl (C=O) groups is 1. The average molecular weight is 435 g/mol. The fraction of sp³-hybridized carbons (Fsp3) is 0.524. The summed E-state index contributed by atoms with van der Waals surface area (Å²) in [5, 5.41) is 10.0. The first-order valence-electron chi connectivity index (χ1n) is 10.6. The van der Waals surface area contributed by atoms with Crippen LogP contribution in [-0.2, 0) is 4.74 Å². The number of halogens is 3. The van der Waals surface area contributed by atoms with Crippen molar-refractivity contribution < 1.29 is 22.7 Å². The van der Waals surface area contributed by atoms with Gasteiger partial charge in [-0.3, -0.25) is 4.79 Å². The number of para-hydroxylation sites is 2. The fourth-order valence-corrected chi connectivity index (χ4v) is 4.37. The average Bonchev–Trinajstić information content (AvgIpc) is 3.52. The Morgan fingerprint density at radius 2 is 1.94 bits per heavy atom.